The van der Waals surface area contributed by atoms with Gasteiger partial charge in [-0.2, -0.15) is 0 Å². The Hall–Kier alpha value is -1.31. The van der Waals surface area contributed by atoms with Crippen LogP contribution in [-0.4, -0.2) is 0 Å². The highest BCUT2D eigenvalue weighted by Crippen LogP contribution is 2.24. The summed E-state index contributed by atoms with van der Waals surface area (Å²) in [5.74, 6) is 0. The van der Waals surface area contributed by atoms with Crippen LogP contribution in [0.4, 0.5) is 0 Å². The van der Waals surface area contributed by atoms with Gasteiger partial charge in [-0.05, 0) is 47.6 Å². The molecule has 0 heterocycles. The maximum absolute atomic E-state index is 6.35. The minimum absolute atomic E-state index is 0.00824. The van der Waals surface area contributed by atoms with Crippen molar-refractivity contribution in [2.45, 2.75) is 39.2 Å². The van der Waals surface area contributed by atoms with Crippen LogP contribution in [0.5, 0.6) is 0 Å². The third-order valence-electron chi connectivity index (χ3n) is 3.82. The van der Waals surface area contributed by atoms with Crippen molar-refractivity contribution in [3.63, 3.8) is 0 Å². The van der Waals surface area contributed by atoms with E-state index >= 15 is 0 Å². The lowest BCUT2D eigenvalue weighted by Gasteiger charge is -2.16. The predicted octanol–water partition coefficient (Wildman–Crippen LogP) is 4.71. The molecule has 0 spiro atoms. The van der Waals surface area contributed by atoms with Crippen molar-refractivity contribution in [2.24, 2.45) is 5.73 Å². The highest BCUT2D eigenvalue weighted by atomic mass is 35.5. The van der Waals surface area contributed by atoms with E-state index < -0.39 is 0 Å². The lowest BCUT2D eigenvalue weighted by atomic mass is 9.94. The Morgan fingerprint density at radius 1 is 0.950 bits per heavy atom. The van der Waals surface area contributed by atoms with E-state index in [1.165, 1.54) is 16.7 Å². The van der Waals surface area contributed by atoms with E-state index in [4.69, 9.17) is 17.3 Å². The second kappa shape index (κ2) is 6.92. The van der Waals surface area contributed by atoms with E-state index in [-0.39, 0.29) is 6.04 Å². The summed E-state index contributed by atoms with van der Waals surface area (Å²) in [5.41, 5.74) is 11.5. The molecule has 2 aromatic rings. The topological polar surface area (TPSA) is 26.0 Å². The summed E-state index contributed by atoms with van der Waals surface area (Å²) >= 11 is 6.21. The Labute approximate surface area is 126 Å². The van der Waals surface area contributed by atoms with Crippen molar-refractivity contribution in [3.05, 3.63) is 69.7 Å². The van der Waals surface area contributed by atoms with E-state index in [0.717, 1.165) is 29.8 Å². The first-order valence-corrected chi connectivity index (χ1v) is 7.64. The molecule has 0 bridgehead atoms. The predicted molar refractivity (Wildman–Crippen MR) is 87.3 cm³/mol. The molecule has 2 rings (SSSR count). The van der Waals surface area contributed by atoms with Crippen LogP contribution in [0.2, 0.25) is 5.02 Å². The zero-order valence-electron chi connectivity index (χ0n) is 12.2. The molecular formula is C18H22ClN. The first-order valence-electron chi connectivity index (χ1n) is 7.26. The summed E-state index contributed by atoms with van der Waals surface area (Å²) in [6, 6.07) is 14.5. The van der Waals surface area contributed by atoms with Gasteiger partial charge < -0.3 is 5.73 Å². The Morgan fingerprint density at radius 2 is 1.65 bits per heavy atom. The monoisotopic (exact) mass is 287 g/mol. The van der Waals surface area contributed by atoms with E-state index in [1.807, 2.05) is 24.3 Å². The fourth-order valence-electron chi connectivity index (χ4n) is 2.57. The highest BCUT2D eigenvalue weighted by Gasteiger charge is 2.11. The van der Waals surface area contributed by atoms with E-state index in [2.05, 4.69) is 32.0 Å². The van der Waals surface area contributed by atoms with E-state index in [9.17, 15) is 0 Å². The Morgan fingerprint density at radius 3 is 2.30 bits per heavy atom. The van der Waals surface area contributed by atoms with Gasteiger partial charge in [0.05, 0.1) is 0 Å². The molecule has 0 amide bonds. The van der Waals surface area contributed by atoms with Crippen molar-refractivity contribution >= 4 is 11.6 Å². The van der Waals surface area contributed by atoms with E-state index in [1.54, 1.807) is 0 Å². The Bertz CT molecular complexity index is 577. The molecule has 1 nitrogen and oxygen atoms in total. The third-order valence-corrected chi connectivity index (χ3v) is 4.19. The summed E-state index contributed by atoms with van der Waals surface area (Å²) in [4.78, 5) is 0. The number of hydrogen-bond donors (Lipinski definition) is 1. The second-order valence-corrected chi connectivity index (χ2v) is 5.54. The van der Waals surface area contributed by atoms with Crippen molar-refractivity contribution in [2.75, 3.05) is 0 Å². The maximum atomic E-state index is 6.35. The smallest absolute Gasteiger partial charge is 0.0438 e. The molecule has 0 aliphatic heterocycles. The standard InChI is InChI=1S/C18H22ClN/c1-3-13-9-10-16(11-14(13)4-2)18(20)12-15-7-5-6-8-17(15)19/h5-11,18H,3-4,12,20H2,1-2H3. The van der Waals surface area contributed by atoms with Gasteiger partial charge >= 0.3 is 0 Å². The van der Waals surface area contributed by atoms with Gasteiger partial charge in [0.1, 0.15) is 0 Å². The van der Waals surface area contributed by atoms with Crippen LogP contribution in [0.1, 0.15) is 42.1 Å². The van der Waals surface area contributed by atoms with Crippen molar-refractivity contribution in [1.29, 1.82) is 0 Å². The van der Waals surface area contributed by atoms with Gasteiger partial charge in [-0.1, -0.05) is 61.8 Å². The second-order valence-electron chi connectivity index (χ2n) is 5.14. The molecule has 0 saturated carbocycles. The fourth-order valence-corrected chi connectivity index (χ4v) is 2.78. The molecule has 1 unspecified atom stereocenters. The molecule has 0 aliphatic carbocycles. The lowest BCUT2D eigenvalue weighted by molar-refractivity contribution is 0.719. The van der Waals surface area contributed by atoms with Gasteiger partial charge in [0, 0.05) is 11.1 Å². The normalized spacial score (nSPS) is 12.4. The summed E-state index contributed by atoms with van der Waals surface area (Å²) in [7, 11) is 0. The van der Waals surface area contributed by atoms with Crippen LogP contribution in [0.25, 0.3) is 0 Å². The average molecular weight is 288 g/mol. The fraction of sp³-hybridized carbons (Fsp3) is 0.333. The zero-order chi connectivity index (χ0) is 14.5. The maximum Gasteiger partial charge on any atom is 0.0438 e. The molecule has 2 heteroatoms. The van der Waals surface area contributed by atoms with E-state index in [0.29, 0.717) is 0 Å². The van der Waals surface area contributed by atoms with Crippen LogP contribution in [0.3, 0.4) is 0 Å². The number of benzene rings is 2. The number of hydrogen-bond acceptors (Lipinski definition) is 1. The van der Waals surface area contributed by atoms with Crippen molar-refractivity contribution in [3.8, 4) is 0 Å². The Balaban J connectivity index is 2.21. The Kier molecular flexibility index (Phi) is 5.22. The molecular weight excluding hydrogens is 266 g/mol. The molecule has 0 saturated heterocycles. The SMILES string of the molecule is CCc1ccc(C(N)Cc2ccccc2Cl)cc1CC. The van der Waals surface area contributed by atoms with Crippen LogP contribution in [0, 0.1) is 0 Å². The summed E-state index contributed by atoms with van der Waals surface area (Å²) in [6.07, 6.45) is 2.90. The van der Waals surface area contributed by atoms with Gasteiger partial charge in [-0.3, -0.25) is 0 Å². The summed E-state index contributed by atoms with van der Waals surface area (Å²) < 4.78 is 0. The summed E-state index contributed by atoms with van der Waals surface area (Å²) in [5, 5.41) is 0.795. The quantitative estimate of drug-likeness (QED) is 0.847. The molecule has 0 fully saturated rings. The zero-order valence-corrected chi connectivity index (χ0v) is 13.0. The lowest BCUT2D eigenvalue weighted by Crippen LogP contribution is -2.14. The van der Waals surface area contributed by atoms with Crippen LogP contribution in [0.15, 0.2) is 42.5 Å². The number of aryl methyl sites for hydroxylation is 2. The summed E-state index contributed by atoms with van der Waals surface area (Å²) in [6.45, 7) is 4.38. The van der Waals surface area contributed by atoms with Gasteiger partial charge in [-0.15, -0.1) is 0 Å². The van der Waals surface area contributed by atoms with Crippen LogP contribution in [-0.2, 0) is 19.3 Å². The first kappa shape index (κ1) is 15.1. The molecule has 0 aliphatic rings. The first-order chi connectivity index (χ1) is 9.65. The minimum Gasteiger partial charge on any atom is -0.324 e. The van der Waals surface area contributed by atoms with Gasteiger partial charge in [-0.25, -0.2) is 0 Å². The van der Waals surface area contributed by atoms with Crippen LogP contribution < -0.4 is 5.73 Å². The molecule has 2 N–H and O–H groups in total. The average Bonchev–Trinajstić information content (AvgIpc) is 2.48. The van der Waals surface area contributed by atoms with Gasteiger partial charge in [0.25, 0.3) is 0 Å². The molecule has 20 heavy (non-hydrogen) atoms. The highest BCUT2D eigenvalue weighted by molar-refractivity contribution is 6.31. The van der Waals surface area contributed by atoms with Crippen molar-refractivity contribution in [1.82, 2.24) is 0 Å². The largest absolute Gasteiger partial charge is 0.324 e. The molecule has 1 atom stereocenters. The molecule has 106 valence electrons. The molecule has 0 radical (unpaired) electrons. The van der Waals surface area contributed by atoms with Crippen LogP contribution >= 0.6 is 11.6 Å². The van der Waals surface area contributed by atoms with Gasteiger partial charge in [0.15, 0.2) is 0 Å². The number of halogens is 1. The molecule has 0 aromatic heterocycles. The number of rotatable bonds is 5. The van der Waals surface area contributed by atoms with Gasteiger partial charge in [0.2, 0.25) is 0 Å². The third kappa shape index (κ3) is 3.41. The van der Waals surface area contributed by atoms with Crippen molar-refractivity contribution < 1.29 is 0 Å². The molecule has 2 aromatic carbocycles. The minimum atomic E-state index is -0.00824. The number of nitrogens with two attached hydrogens (primary N) is 1.